The van der Waals surface area contributed by atoms with Crippen molar-refractivity contribution >= 4 is 52.5 Å². The first-order valence-corrected chi connectivity index (χ1v) is 13.6. The second kappa shape index (κ2) is 11.6. The van der Waals surface area contributed by atoms with E-state index in [2.05, 4.69) is 15.5 Å². The van der Waals surface area contributed by atoms with Gasteiger partial charge < -0.3 is 10.2 Å². The van der Waals surface area contributed by atoms with Crippen LogP contribution in [0.5, 0.6) is 0 Å². The first-order valence-electron chi connectivity index (χ1n) is 11.9. The van der Waals surface area contributed by atoms with E-state index in [4.69, 9.17) is 23.2 Å². The molecular weight excluding hydrogens is 548 g/mol. The average molecular weight is 570 g/mol. The van der Waals surface area contributed by atoms with Crippen molar-refractivity contribution in [1.82, 2.24) is 20.1 Å². The zero-order valence-corrected chi connectivity index (χ0v) is 22.4. The number of nitrogens with zero attached hydrogens (tertiary/aromatic N) is 4. The standard InChI is InChI=1S/C27H22Cl2FN5O2S/c28-20-12-11-18(14-21(20)29)35-24(15-31-26(37)19-8-2-3-9-22(19)30)32-33-27(35)38-16-25(36)34-13-5-7-17-6-1-4-10-23(17)34/h1-4,6,8-12,14H,5,7,13,15-16H2,(H,31,37). The van der Waals surface area contributed by atoms with Crippen LogP contribution in [0, 0.1) is 5.82 Å². The summed E-state index contributed by atoms with van der Waals surface area (Å²) < 4.78 is 15.8. The number of aromatic nitrogens is 3. The lowest BCUT2D eigenvalue weighted by molar-refractivity contribution is -0.116. The molecule has 0 radical (unpaired) electrons. The molecule has 5 rings (SSSR count). The lowest BCUT2D eigenvalue weighted by atomic mass is 10.0. The zero-order chi connectivity index (χ0) is 26.6. The Balaban J connectivity index is 1.38. The van der Waals surface area contributed by atoms with Gasteiger partial charge in [-0.25, -0.2) is 4.39 Å². The molecule has 0 bridgehead atoms. The number of benzene rings is 3. The van der Waals surface area contributed by atoms with Crippen molar-refractivity contribution in [3.8, 4) is 5.69 Å². The third-order valence-corrected chi connectivity index (χ3v) is 7.78. The summed E-state index contributed by atoms with van der Waals surface area (Å²) in [6, 6.07) is 18.7. The molecule has 0 spiro atoms. The number of halogens is 3. The highest BCUT2D eigenvalue weighted by Crippen LogP contribution is 2.30. The number of hydrogen-bond acceptors (Lipinski definition) is 5. The minimum absolute atomic E-state index is 0.0333. The molecule has 0 aliphatic carbocycles. The van der Waals surface area contributed by atoms with Crippen LogP contribution in [0.3, 0.4) is 0 Å². The van der Waals surface area contributed by atoms with Crippen molar-refractivity contribution in [3.05, 3.63) is 99.5 Å². The predicted octanol–water partition coefficient (Wildman–Crippen LogP) is 5.71. The van der Waals surface area contributed by atoms with Crippen molar-refractivity contribution in [2.75, 3.05) is 17.2 Å². The quantitative estimate of drug-likeness (QED) is 0.288. The summed E-state index contributed by atoms with van der Waals surface area (Å²) in [6.45, 7) is 0.623. The summed E-state index contributed by atoms with van der Waals surface area (Å²) >= 11 is 13.6. The van der Waals surface area contributed by atoms with Crippen molar-refractivity contribution in [2.24, 2.45) is 0 Å². The molecule has 1 aliphatic rings. The lowest BCUT2D eigenvalue weighted by Gasteiger charge is -2.29. The number of aryl methyl sites for hydroxylation is 1. The number of nitrogens with one attached hydrogen (secondary N) is 1. The summed E-state index contributed by atoms with van der Waals surface area (Å²) in [4.78, 5) is 27.6. The third kappa shape index (κ3) is 5.55. The van der Waals surface area contributed by atoms with Crippen molar-refractivity contribution in [2.45, 2.75) is 24.5 Å². The molecule has 3 aromatic carbocycles. The van der Waals surface area contributed by atoms with Crippen LogP contribution < -0.4 is 10.2 Å². The van der Waals surface area contributed by atoms with Crippen LogP contribution in [-0.4, -0.2) is 38.9 Å². The predicted molar refractivity (Wildman–Crippen MR) is 147 cm³/mol. The van der Waals surface area contributed by atoms with E-state index in [1.165, 1.54) is 30.0 Å². The van der Waals surface area contributed by atoms with Crippen LogP contribution in [0.15, 0.2) is 71.9 Å². The van der Waals surface area contributed by atoms with Crippen LogP contribution in [0.25, 0.3) is 5.69 Å². The van der Waals surface area contributed by atoms with E-state index in [0.29, 0.717) is 33.3 Å². The van der Waals surface area contributed by atoms with Gasteiger partial charge in [0.05, 0.1) is 33.6 Å². The highest BCUT2D eigenvalue weighted by molar-refractivity contribution is 7.99. The molecule has 1 aliphatic heterocycles. The highest BCUT2D eigenvalue weighted by Gasteiger charge is 2.24. The van der Waals surface area contributed by atoms with Crippen molar-refractivity contribution in [1.29, 1.82) is 0 Å². The summed E-state index contributed by atoms with van der Waals surface area (Å²) in [5, 5.41) is 12.4. The molecule has 7 nitrogen and oxygen atoms in total. The molecule has 1 N–H and O–H groups in total. The molecule has 2 heterocycles. The summed E-state index contributed by atoms with van der Waals surface area (Å²) in [6.07, 6.45) is 1.85. The SMILES string of the molecule is O=C(NCc1nnc(SCC(=O)N2CCCc3ccccc32)n1-c1ccc(Cl)c(Cl)c1)c1ccccc1F. The van der Waals surface area contributed by atoms with Crippen molar-refractivity contribution in [3.63, 3.8) is 0 Å². The van der Waals surface area contributed by atoms with Crippen LogP contribution in [0.2, 0.25) is 10.0 Å². The first-order chi connectivity index (χ1) is 18.4. The molecule has 4 aromatic rings. The van der Waals surface area contributed by atoms with Gasteiger partial charge in [-0.1, -0.05) is 65.3 Å². The van der Waals surface area contributed by atoms with Crippen molar-refractivity contribution < 1.29 is 14.0 Å². The summed E-state index contributed by atoms with van der Waals surface area (Å²) in [5.74, 6) is -0.730. The second-order valence-corrected chi connectivity index (χ2v) is 10.3. The second-order valence-electron chi connectivity index (χ2n) is 8.56. The highest BCUT2D eigenvalue weighted by atomic mass is 35.5. The van der Waals surface area contributed by atoms with Gasteiger partial charge in [0, 0.05) is 12.2 Å². The fourth-order valence-electron chi connectivity index (χ4n) is 4.29. The van der Waals surface area contributed by atoms with Gasteiger partial charge in [0.2, 0.25) is 5.91 Å². The Kier molecular flexibility index (Phi) is 7.97. The lowest BCUT2D eigenvalue weighted by Crippen LogP contribution is -2.36. The fraction of sp³-hybridized carbons (Fsp3) is 0.185. The van der Waals surface area contributed by atoms with E-state index in [0.717, 1.165) is 24.1 Å². The maximum Gasteiger partial charge on any atom is 0.254 e. The molecule has 0 fully saturated rings. The number of thioether (sulfide) groups is 1. The molecule has 0 saturated heterocycles. The molecule has 11 heteroatoms. The first kappa shape index (κ1) is 26.2. The third-order valence-electron chi connectivity index (χ3n) is 6.12. The average Bonchev–Trinajstić information content (AvgIpc) is 3.34. The van der Waals surface area contributed by atoms with Gasteiger partial charge >= 0.3 is 0 Å². The van der Waals surface area contributed by atoms with E-state index in [1.54, 1.807) is 33.7 Å². The van der Waals surface area contributed by atoms with Crippen LogP contribution >= 0.6 is 35.0 Å². The van der Waals surface area contributed by atoms with Crippen LogP contribution in [-0.2, 0) is 17.8 Å². The summed E-state index contributed by atoms with van der Waals surface area (Å²) in [5.41, 5.74) is 2.63. The Bertz CT molecular complexity index is 1510. The molecule has 2 amide bonds. The maximum absolute atomic E-state index is 14.1. The number of carbonyl (C=O) groups excluding carboxylic acids is 2. The molecule has 0 atom stereocenters. The monoisotopic (exact) mass is 569 g/mol. The zero-order valence-electron chi connectivity index (χ0n) is 20.0. The Morgan fingerprint density at radius 1 is 1.00 bits per heavy atom. The summed E-state index contributed by atoms with van der Waals surface area (Å²) in [7, 11) is 0. The fourth-order valence-corrected chi connectivity index (χ4v) is 5.43. The van der Waals surface area contributed by atoms with Gasteiger partial charge in [-0.2, -0.15) is 0 Å². The Hall–Kier alpha value is -3.40. The van der Waals surface area contributed by atoms with E-state index < -0.39 is 11.7 Å². The Labute approximate surface area is 233 Å². The van der Waals surface area contributed by atoms with E-state index in [-0.39, 0.29) is 23.8 Å². The van der Waals surface area contributed by atoms with E-state index >= 15 is 0 Å². The number of hydrogen-bond donors (Lipinski definition) is 1. The number of rotatable bonds is 7. The van der Waals surface area contributed by atoms with Gasteiger partial charge in [-0.3, -0.25) is 14.2 Å². The van der Waals surface area contributed by atoms with Crippen LogP contribution in [0.4, 0.5) is 10.1 Å². The van der Waals surface area contributed by atoms with E-state index in [1.807, 2.05) is 24.3 Å². The van der Waals surface area contributed by atoms with Gasteiger partial charge in [0.1, 0.15) is 5.82 Å². The van der Waals surface area contributed by atoms with Crippen LogP contribution in [0.1, 0.15) is 28.2 Å². The van der Waals surface area contributed by atoms with Gasteiger partial charge in [0.15, 0.2) is 11.0 Å². The topological polar surface area (TPSA) is 80.1 Å². The number of anilines is 1. The molecule has 194 valence electrons. The number of para-hydroxylation sites is 1. The maximum atomic E-state index is 14.1. The number of fused-ring (bicyclic) bond motifs is 1. The molecule has 0 unspecified atom stereocenters. The molecular formula is C27H22Cl2FN5O2S. The molecule has 1 aromatic heterocycles. The number of carbonyl (C=O) groups is 2. The van der Waals surface area contributed by atoms with Gasteiger partial charge in [0.25, 0.3) is 5.91 Å². The Morgan fingerprint density at radius 2 is 1.79 bits per heavy atom. The smallest absolute Gasteiger partial charge is 0.254 e. The minimum atomic E-state index is -0.620. The number of amides is 2. The minimum Gasteiger partial charge on any atom is -0.345 e. The normalized spacial score (nSPS) is 12.8. The molecule has 38 heavy (non-hydrogen) atoms. The van der Waals surface area contributed by atoms with Gasteiger partial charge in [-0.15, -0.1) is 10.2 Å². The molecule has 0 saturated carbocycles. The van der Waals surface area contributed by atoms with E-state index in [9.17, 15) is 14.0 Å². The largest absolute Gasteiger partial charge is 0.345 e. The Morgan fingerprint density at radius 3 is 2.61 bits per heavy atom. The van der Waals surface area contributed by atoms with Gasteiger partial charge in [-0.05, 0) is 54.8 Å².